The third-order valence-corrected chi connectivity index (χ3v) is 3.76. The first-order valence-electron chi connectivity index (χ1n) is 6.82. The van der Waals surface area contributed by atoms with E-state index in [1.165, 1.54) is 25.7 Å². The van der Waals surface area contributed by atoms with Gasteiger partial charge in [-0.05, 0) is 38.3 Å². The van der Waals surface area contributed by atoms with E-state index >= 15 is 0 Å². The summed E-state index contributed by atoms with van der Waals surface area (Å²) in [5, 5.41) is 3.66. The Labute approximate surface area is 103 Å². The Morgan fingerprint density at radius 2 is 2.29 bits per heavy atom. The van der Waals surface area contributed by atoms with E-state index in [0.717, 1.165) is 31.8 Å². The largest absolute Gasteiger partial charge is 0.349 e. The van der Waals surface area contributed by atoms with Crippen molar-refractivity contribution in [2.75, 3.05) is 13.1 Å². The van der Waals surface area contributed by atoms with Gasteiger partial charge in [-0.25, -0.2) is 4.98 Å². The quantitative estimate of drug-likeness (QED) is 0.655. The number of aryl methyl sites for hydroxylation is 1. The van der Waals surface area contributed by atoms with Crippen LogP contribution in [0.4, 0.5) is 0 Å². The van der Waals surface area contributed by atoms with Crippen molar-refractivity contribution in [2.24, 2.45) is 11.7 Å². The molecule has 0 aliphatic heterocycles. The van der Waals surface area contributed by atoms with Crippen molar-refractivity contribution >= 4 is 0 Å². The van der Waals surface area contributed by atoms with Crippen molar-refractivity contribution in [3.05, 3.63) is 18.2 Å². The van der Waals surface area contributed by atoms with E-state index in [1.807, 2.05) is 12.4 Å². The number of aromatic amines is 1. The predicted molar refractivity (Wildman–Crippen MR) is 69.7 cm³/mol. The van der Waals surface area contributed by atoms with Gasteiger partial charge in [0.1, 0.15) is 5.82 Å². The second-order valence-electron chi connectivity index (χ2n) is 4.98. The summed E-state index contributed by atoms with van der Waals surface area (Å²) in [5.74, 6) is 1.78. The molecule has 0 bridgehead atoms. The first kappa shape index (κ1) is 12.6. The lowest BCUT2D eigenvalue weighted by Crippen LogP contribution is -2.42. The van der Waals surface area contributed by atoms with Crippen LogP contribution >= 0.6 is 0 Å². The SMILES string of the molecule is NCC1CCCCC1NCCCc1ncc[nH]1. The van der Waals surface area contributed by atoms with Crippen molar-refractivity contribution in [1.82, 2.24) is 15.3 Å². The number of rotatable bonds is 6. The first-order valence-corrected chi connectivity index (χ1v) is 6.82. The summed E-state index contributed by atoms with van der Waals surface area (Å²) in [5.41, 5.74) is 5.82. The molecule has 4 nitrogen and oxygen atoms in total. The van der Waals surface area contributed by atoms with Crippen molar-refractivity contribution in [3.63, 3.8) is 0 Å². The number of hydrogen-bond donors (Lipinski definition) is 3. The van der Waals surface area contributed by atoms with Crippen LogP contribution < -0.4 is 11.1 Å². The minimum absolute atomic E-state index is 0.644. The summed E-state index contributed by atoms with van der Waals surface area (Å²) in [6.45, 7) is 1.90. The molecule has 2 unspecified atom stereocenters. The molecular weight excluding hydrogens is 212 g/mol. The van der Waals surface area contributed by atoms with Crippen LogP contribution in [-0.2, 0) is 6.42 Å². The highest BCUT2D eigenvalue weighted by Gasteiger charge is 2.22. The van der Waals surface area contributed by atoms with Gasteiger partial charge >= 0.3 is 0 Å². The number of aromatic nitrogens is 2. The fourth-order valence-electron chi connectivity index (χ4n) is 2.74. The molecule has 2 atom stereocenters. The zero-order valence-electron chi connectivity index (χ0n) is 10.5. The number of H-pyrrole nitrogens is 1. The standard InChI is InChI=1S/C13H24N4/c14-10-11-4-1-2-5-12(11)15-7-3-6-13-16-8-9-17-13/h8-9,11-12,15H,1-7,10,14H2,(H,16,17). The normalized spacial score (nSPS) is 25.0. The zero-order valence-corrected chi connectivity index (χ0v) is 10.5. The minimum atomic E-state index is 0.644. The van der Waals surface area contributed by atoms with E-state index in [4.69, 9.17) is 5.73 Å². The van der Waals surface area contributed by atoms with Crippen LogP contribution in [0.1, 0.15) is 37.9 Å². The molecule has 1 aliphatic carbocycles. The molecule has 1 aromatic heterocycles. The Morgan fingerprint density at radius 3 is 3.06 bits per heavy atom. The van der Waals surface area contributed by atoms with E-state index in [0.29, 0.717) is 12.0 Å². The Hall–Kier alpha value is -0.870. The van der Waals surface area contributed by atoms with E-state index < -0.39 is 0 Å². The molecule has 1 aromatic rings. The monoisotopic (exact) mass is 236 g/mol. The molecule has 0 radical (unpaired) electrons. The molecule has 1 aliphatic rings. The van der Waals surface area contributed by atoms with Gasteiger partial charge in [0, 0.05) is 24.9 Å². The molecule has 1 heterocycles. The molecule has 96 valence electrons. The molecule has 0 aromatic carbocycles. The lowest BCUT2D eigenvalue weighted by molar-refractivity contribution is 0.268. The fraction of sp³-hybridized carbons (Fsp3) is 0.769. The van der Waals surface area contributed by atoms with Crippen LogP contribution in [0.2, 0.25) is 0 Å². The molecule has 4 N–H and O–H groups in total. The maximum Gasteiger partial charge on any atom is 0.106 e. The second-order valence-corrected chi connectivity index (χ2v) is 4.98. The highest BCUT2D eigenvalue weighted by molar-refractivity contribution is 4.87. The maximum atomic E-state index is 5.82. The zero-order chi connectivity index (χ0) is 11.9. The van der Waals surface area contributed by atoms with Crippen LogP contribution in [0, 0.1) is 5.92 Å². The minimum Gasteiger partial charge on any atom is -0.349 e. The summed E-state index contributed by atoms with van der Waals surface area (Å²) < 4.78 is 0. The summed E-state index contributed by atoms with van der Waals surface area (Å²) in [4.78, 5) is 7.36. The van der Waals surface area contributed by atoms with Crippen molar-refractivity contribution in [1.29, 1.82) is 0 Å². The lowest BCUT2D eigenvalue weighted by atomic mass is 9.84. The number of nitrogens with zero attached hydrogens (tertiary/aromatic N) is 1. The van der Waals surface area contributed by atoms with Gasteiger partial charge in [-0.3, -0.25) is 0 Å². The summed E-state index contributed by atoms with van der Waals surface area (Å²) in [6.07, 6.45) is 11.2. The Kier molecular flexibility index (Phi) is 5.01. The van der Waals surface area contributed by atoms with Gasteiger partial charge in [-0.2, -0.15) is 0 Å². The third kappa shape index (κ3) is 3.82. The summed E-state index contributed by atoms with van der Waals surface area (Å²) in [6, 6.07) is 0.644. The molecule has 0 saturated heterocycles. The van der Waals surface area contributed by atoms with Crippen molar-refractivity contribution in [2.45, 2.75) is 44.6 Å². The topological polar surface area (TPSA) is 66.7 Å². The van der Waals surface area contributed by atoms with Gasteiger partial charge in [0.25, 0.3) is 0 Å². The molecule has 0 amide bonds. The van der Waals surface area contributed by atoms with E-state index in [2.05, 4.69) is 15.3 Å². The average molecular weight is 236 g/mol. The van der Waals surface area contributed by atoms with Crippen LogP contribution in [0.3, 0.4) is 0 Å². The Morgan fingerprint density at radius 1 is 1.41 bits per heavy atom. The van der Waals surface area contributed by atoms with E-state index in [9.17, 15) is 0 Å². The molecular formula is C13H24N4. The fourth-order valence-corrected chi connectivity index (χ4v) is 2.74. The first-order chi connectivity index (χ1) is 8.40. The Balaban J connectivity index is 1.63. The highest BCUT2D eigenvalue weighted by atomic mass is 14.9. The smallest absolute Gasteiger partial charge is 0.106 e. The molecule has 1 fully saturated rings. The van der Waals surface area contributed by atoms with Gasteiger partial charge < -0.3 is 16.0 Å². The number of hydrogen-bond acceptors (Lipinski definition) is 3. The molecule has 1 saturated carbocycles. The van der Waals surface area contributed by atoms with Gasteiger partial charge in [-0.15, -0.1) is 0 Å². The molecule has 0 spiro atoms. The second kappa shape index (κ2) is 6.77. The number of nitrogens with one attached hydrogen (secondary N) is 2. The van der Waals surface area contributed by atoms with E-state index in [1.54, 1.807) is 0 Å². The molecule has 2 rings (SSSR count). The molecule has 4 heteroatoms. The highest BCUT2D eigenvalue weighted by Crippen LogP contribution is 2.23. The third-order valence-electron chi connectivity index (χ3n) is 3.76. The van der Waals surface area contributed by atoms with Gasteiger partial charge in [-0.1, -0.05) is 12.8 Å². The summed E-state index contributed by atoms with van der Waals surface area (Å²) >= 11 is 0. The van der Waals surface area contributed by atoms with Gasteiger partial charge in [0.2, 0.25) is 0 Å². The van der Waals surface area contributed by atoms with Gasteiger partial charge in [0.05, 0.1) is 0 Å². The maximum absolute atomic E-state index is 5.82. The van der Waals surface area contributed by atoms with E-state index in [-0.39, 0.29) is 0 Å². The average Bonchev–Trinajstić information content (AvgIpc) is 2.88. The predicted octanol–water partition coefficient (Wildman–Crippen LogP) is 1.45. The van der Waals surface area contributed by atoms with Crippen LogP contribution in [0.15, 0.2) is 12.4 Å². The van der Waals surface area contributed by atoms with Crippen LogP contribution in [0.25, 0.3) is 0 Å². The van der Waals surface area contributed by atoms with Crippen LogP contribution in [-0.4, -0.2) is 29.1 Å². The number of imidazole rings is 1. The molecule has 17 heavy (non-hydrogen) atoms. The van der Waals surface area contributed by atoms with Crippen molar-refractivity contribution in [3.8, 4) is 0 Å². The Bertz CT molecular complexity index is 296. The number of nitrogens with two attached hydrogens (primary N) is 1. The summed E-state index contributed by atoms with van der Waals surface area (Å²) in [7, 11) is 0. The van der Waals surface area contributed by atoms with Crippen LogP contribution in [0.5, 0.6) is 0 Å². The van der Waals surface area contributed by atoms with Gasteiger partial charge in [0.15, 0.2) is 0 Å². The lowest BCUT2D eigenvalue weighted by Gasteiger charge is -2.31. The van der Waals surface area contributed by atoms with Crippen molar-refractivity contribution < 1.29 is 0 Å².